The highest BCUT2D eigenvalue weighted by Gasteiger charge is 2.21. The number of carbonyl (C=O) groups excluding carboxylic acids is 1. The van der Waals surface area contributed by atoms with Crippen LogP contribution in [0.25, 0.3) is 0 Å². The summed E-state index contributed by atoms with van der Waals surface area (Å²) in [7, 11) is 0. The number of amides is 1. The first-order valence-corrected chi connectivity index (χ1v) is 9.17. The first-order chi connectivity index (χ1) is 10.7. The van der Waals surface area contributed by atoms with E-state index in [1.807, 2.05) is 42.6 Å². The van der Waals surface area contributed by atoms with Gasteiger partial charge in [-0.25, -0.2) is 4.98 Å². The van der Waals surface area contributed by atoms with Crippen molar-refractivity contribution in [2.24, 2.45) is 0 Å². The fraction of sp³-hybridized carbons (Fsp3) is 0.143. The van der Waals surface area contributed by atoms with Gasteiger partial charge in [-0.2, -0.15) is 0 Å². The normalized spacial score (nSPS) is 10.6. The molecule has 0 aliphatic heterocycles. The fourth-order valence-electron chi connectivity index (χ4n) is 1.80. The van der Waals surface area contributed by atoms with Crippen molar-refractivity contribution < 1.29 is 4.79 Å². The van der Waals surface area contributed by atoms with E-state index < -0.39 is 0 Å². The Labute approximate surface area is 140 Å². The quantitative estimate of drug-likeness (QED) is 0.657. The minimum Gasteiger partial charge on any atom is -0.273 e. The summed E-state index contributed by atoms with van der Waals surface area (Å²) < 4.78 is 0.789. The van der Waals surface area contributed by atoms with E-state index in [2.05, 4.69) is 15.2 Å². The van der Waals surface area contributed by atoms with E-state index in [1.165, 1.54) is 34.4 Å². The van der Waals surface area contributed by atoms with E-state index in [1.54, 1.807) is 10.4 Å². The third-order valence-electron chi connectivity index (χ3n) is 2.72. The number of aryl methyl sites for hydroxylation is 1. The van der Waals surface area contributed by atoms with Crippen molar-refractivity contribution in [3.8, 4) is 0 Å². The number of thioether (sulfide) groups is 1. The number of aromatic nitrogens is 3. The van der Waals surface area contributed by atoms with Crippen molar-refractivity contribution in [2.75, 3.05) is 10.7 Å². The Morgan fingerprint density at radius 2 is 2.09 bits per heavy atom. The lowest BCUT2D eigenvalue weighted by Gasteiger charge is -2.19. The van der Waals surface area contributed by atoms with Crippen molar-refractivity contribution in [3.63, 3.8) is 0 Å². The van der Waals surface area contributed by atoms with Crippen LogP contribution in [0.4, 0.5) is 10.8 Å². The number of para-hydroxylation sites is 1. The molecule has 0 bridgehead atoms. The van der Waals surface area contributed by atoms with Gasteiger partial charge >= 0.3 is 0 Å². The predicted octanol–water partition coefficient (Wildman–Crippen LogP) is 3.76. The van der Waals surface area contributed by atoms with Crippen molar-refractivity contribution in [3.05, 3.63) is 46.9 Å². The Morgan fingerprint density at radius 1 is 1.27 bits per heavy atom. The van der Waals surface area contributed by atoms with E-state index >= 15 is 0 Å². The number of rotatable bonds is 5. The number of benzene rings is 1. The summed E-state index contributed by atoms with van der Waals surface area (Å²) in [5, 5.41) is 10.3. The average Bonchev–Trinajstić information content (AvgIpc) is 3.18. The van der Waals surface area contributed by atoms with Crippen LogP contribution in [-0.2, 0) is 4.79 Å². The molecule has 5 nitrogen and oxygen atoms in total. The highest BCUT2D eigenvalue weighted by molar-refractivity contribution is 8.01. The van der Waals surface area contributed by atoms with Gasteiger partial charge in [-0.15, -0.1) is 21.5 Å². The van der Waals surface area contributed by atoms with Crippen LogP contribution in [0.3, 0.4) is 0 Å². The highest BCUT2D eigenvalue weighted by atomic mass is 32.2. The summed E-state index contributed by atoms with van der Waals surface area (Å²) in [5.41, 5.74) is 3.39. The molecule has 1 aromatic carbocycles. The van der Waals surface area contributed by atoms with Gasteiger partial charge in [0.15, 0.2) is 9.47 Å². The lowest BCUT2D eigenvalue weighted by atomic mass is 10.3. The molecular weight excluding hydrogens is 336 g/mol. The largest absolute Gasteiger partial charge is 0.273 e. The second kappa shape index (κ2) is 6.99. The second-order valence-electron chi connectivity index (χ2n) is 4.33. The monoisotopic (exact) mass is 348 g/mol. The topological polar surface area (TPSA) is 59.0 Å². The zero-order valence-electron chi connectivity index (χ0n) is 11.7. The minimum absolute atomic E-state index is 0.0271. The van der Waals surface area contributed by atoms with Crippen molar-refractivity contribution in [2.45, 2.75) is 11.3 Å². The van der Waals surface area contributed by atoms with Gasteiger partial charge < -0.3 is 0 Å². The molecule has 0 saturated carbocycles. The number of anilines is 2. The Morgan fingerprint density at radius 3 is 2.73 bits per heavy atom. The molecule has 0 aliphatic carbocycles. The summed E-state index contributed by atoms with van der Waals surface area (Å²) in [6, 6.07) is 9.56. The molecule has 0 unspecified atom stereocenters. The number of thiazole rings is 1. The van der Waals surface area contributed by atoms with Crippen molar-refractivity contribution in [1.82, 2.24) is 15.2 Å². The summed E-state index contributed by atoms with van der Waals surface area (Å²) in [6.45, 7) is 1.92. The molecule has 1 amide bonds. The second-order valence-corrected chi connectivity index (χ2v) is 7.22. The van der Waals surface area contributed by atoms with E-state index in [9.17, 15) is 4.79 Å². The molecule has 0 N–H and O–H groups in total. The number of carbonyl (C=O) groups is 1. The summed E-state index contributed by atoms with van der Waals surface area (Å²) in [6.07, 6.45) is 0. The molecule has 0 spiro atoms. The number of hydrogen-bond acceptors (Lipinski definition) is 7. The van der Waals surface area contributed by atoms with Gasteiger partial charge in [0.05, 0.1) is 17.1 Å². The van der Waals surface area contributed by atoms with Crippen LogP contribution in [0.1, 0.15) is 5.69 Å². The molecule has 0 fully saturated rings. The van der Waals surface area contributed by atoms with Gasteiger partial charge in [0.1, 0.15) is 5.51 Å². The molecule has 3 rings (SSSR count). The lowest BCUT2D eigenvalue weighted by Crippen LogP contribution is -2.27. The van der Waals surface area contributed by atoms with Gasteiger partial charge in [0, 0.05) is 5.38 Å². The molecule has 0 aliphatic rings. The van der Waals surface area contributed by atoms with E-state index in [0.717, 1.165) is 15.7 Å². The Kier molecular flexibility index (Phi) is 4.81. The SMILES string of the molecule is Cc1csc(N(C(=O)CSc2nncs2)c2ccccc2)n1. The van der Waals surface area contributed by atoms with E-state index in [0.29, 0.717) is 10.9 Å². The van der Waals surface area contributed by atoms with Gasteiger partial charge in [-0.05, 0) is 19.1 Å². The third-order valence-corrected chi connectivity index (χ3v) is 5.51. The van der Waals surface area contributed by atoms with Gasteiger partial charge in [0.2, 0.25) is 5.91 Å². The first-order valence-electron chi connectivity index (χ1n) is 6.43. The molecule has 2 heterocycles. The van der Waals surface area contributed by atoms with Crippen molar-refractivity contribution in [1.29, 1.82) is 0 Å². The van der Waals surface area contributed by atoms with Gasteiger partial charge in [0.25, 0.3) is 0 Å². The summed E-state index contributed by atoms with van der Waals surface area (Å²) in [4.78, 5) is 18.8. The Hall–Kier alpha value is -1.77. The molecule has 0 atom stereocenters. The van der Waals surface area contributed by atoms with Crippen LogP contribution in [0.15, 0.2) is 45.6 Å². The van der Waals surface area contributed by atoms with E-state index in [-0.39, 0.29) is 5.91 Å². The Bertz CT molecular complexity index is 743. The van der Waals surface area contributed by atoms with Crippen LogP contribution >= 0.6 is 34.4 Å². The van der Waals surface area contributed by atoms with Crippen LogP contribution in [-0.4, -0.2) is 26.8 Å². The van der Waals surface area contributed by atoms with Gasteiger partial charge in [-0.3, -0.25) is 9.69 Å². The minimum atomic E-state index is -0.0271. The number of nitrogens with zero attached hydrogens (tertiary/aromatic N) is 4. The smallest absolute Gasteiger partial charge is 0.243 e. The maximum atomic E-state index is 12.7. The third kappa shape index (κ3) is 3.52. The predicted molar refractivity (Wildman–Crippen MR) is 91.1 cm³/mol. The molecular formula is C14H12N4OS3. The molecule has 22 heavy (non-hydrogen) atoms. The molecule has 3 aromatic rings. The van der Waals surface area contributed by atoms with Gasteiger partial charge in [-0.1, -0.05) is 41.3 Å². The van der Waals surface area contributed by atoms with Crippen LogP contribution in [0.5, 0.6) is 0 Å². The lowest BCUT2D eigenvalue weighted by molar-refractivity contribution is -0.115. The summed E-state index contributed by atoms with van der Waals surface area (Å²) in [5.74, 6) is 0.267. The standard InChI is InChI=1S/C14H12N4OS3/c1-10-7-20-13(16-10)18(11-5-3-2-4-6-11)12(19)8-21-14-17-15-9-22-14/h2-7,9H,8H2,1H3. The molecule has 2 aromatic heterocycles. The molecule has 112 valence electrons. The van der Waals surface area contributed by atoms with Crippen LogP contribution < -0.4 is 4.90 Å². The highest BCUT2D eigenvalue weighted by Crippen LogP contribution is 2.30. The van der Waals surface area contributed by atoms with E-state index in [4.69, 9.17) is 0 Å². The zero-order valence-corrected chi connectivity index (χ0v) is 14.1. The molecule has 0 saturated heterocycles. The van der Waals surface area contributed by atoms with Crippen molar-refractivity contribution >= 4 is 51.2 Å². The fourth-order valence-corrected chi connectivity index (χ4v) is 3.97. The maximum absolute atomic E-state index is 12.7. The van der Waals surface area contributed by atoms with Crippen LogP contribution in [0.2, 0.25) is 0 Å². The Balaban J connectivity index is 1.83. The average molecular weight is 348 g/mol. The molecule has 8 heteroatoms. The summed E-state index contributed by atoms with van der Waals surface area (Å²) >= 11 is 4.28. The number of hydrogen-bond donors (Lipinski definition) is 0. The zero-order chi connectivity index (χ0) is 15.4. The maximum Gasteiger partial charge on any atom is 0.243 e. The first kappa shape index (κ1) is 15.1. The molecule has 0 radical (unpaired) electrons. The van der Waals surface area contributed by atoms with Crippen LogP contribution in [0, 0.1) is 6.92 Å².